The van der Waals surface area contributed by atoms with E-state index in [1.54, 1.807) is 7.11 Å². The first-order valence-corrected chi connectivity index (χ1v) is 11.0. The Morgan fingerprint density at radius 3 is 2.75 bits per heavy atom. The molecule has 3 atom stereocenters. The number of aromatic nitrogens is 1. The summed E-state index contributed by atoms with van der Waals surface area (Å²) in [7, 11) is 1.78. The van der Waals surface area contributed by atoms with Gasteiger partial charge in [0.25, 0.3) is 0 Å². The molecule has 4 heterocycles. The van der Waals surface area contributed by atoms with Crippen molar-refractivity contribution < 1.29 is 4.74 Å². The van der Waals surface area contributed by atoms with E-state index in [1.165, 1.54) is 24.1 Å². The van der Waals surface area contributed by atoms with Gasteiger partial charge in [-0.15, -0.1) is 0 Å². The maximum absolute atomic E-state index is 5.81. The molecule has 2 aromatic rings. The van der Waals surface area contributed by atoms with Gasteiger partial charge in [0.1, 0.15) is 11.8 Å². The summed E-state index contributed by atoms with van der Waals surface area (Å²) in [6.45, 7) is 5.52. The first kappa shape index (κ1) is 17.9. The van der Waals surface area contributed by atoms with Gasteiger partial charge in [0.05, 0.1) is 24.5 Å². The Morgan fingerprint density at radius 2 is 2.00 bits per heavy atom. The first-order valence-electron chi connectivity index (χ1n) is 10.1. The molecule has 3 aliphatic heterocycles. The van der Waals surface area contributed by atoms with Crippen LogP contribution in [0.25, 0.3) is 0 Å². The Bertz CT molecular complexity index is 881. The highest BCUT2D eigenvalue weighted by molar-refractivity contribution is 8.14. The number of nitrogens with zero attached hydrogens (tertiary/aromatic N) is 4. The summed E-state index contributed by atoms with van der Waals surface area (Å²) in [5, 5.41) is 1.72. The van der Waals surface area contributed by atoms with Crippen LogP contribution < -0.4 is 9.64 Å². The zero-order chi connectivity index (χ0) is 19.1. The average molecular weight is 395 g/mol. The Morgan fingerprint density at radius 1 is 1.14 bits per heavy atom. The molecule has 0 bridgehead atoms. The van der Waals surface area contributed by atoms with Crippen molar-refractivity contribution >= 4 is 22.6 Å². The Balaban J connectivity index is 1.54. The summed E-state index contributed by atoms with van der Waals surface area (Å²) < 4.78 is 5.81. The van der Waals surface area contributed by atoms with Crippen molar-refractivity contribution in [2.45, 2.75) is 37.1 Å². The van der Waals surface area contributed by atoms with Crippen LogP contribution in [0.4, 0.5) is 5.69 Å². The number of benzene rings is 1. The number of amidine groups is 1. The van der Waals surface area contributed by atoms with E-state index in [9.17, 15) is 0 Å². The Hall–Kier alpha value is -2.21. The van der Waals surface area contributed by atoms with Crippen molar-refractivity contribution in [3.63, 3.8) is 0 Å². The number of thioether (sulfide) groups is 1. The van der Waals surface area contributed by atoms with Gasteiger partial charge >= 0.3 is 0 Å². The lowest BCUT2D eigenvalue weighted by atomic mass is 9.95. The van der Waals surface area contributed by atoms with Crippen LogP contribution >= 0.6 is 11.8 Å². The molecule has 1 aromatic carbocycles. The van der Waals surface area contributed by atoms with E-state index in [0.717, 1.165) is 36.2 Å². The van der Waals surface area contributed by atoms with Crippen molar-refractivity contribution in [3.8, 4) is 5.75 Å². The number of anilines is 1. The highest BCUT2D eigenvalue weighted by atomic mass is 32.2. The molecular weight excluding hydrogens is 368 g/mol. The molecule has 6 heteroatoms. The largest absolute Gasteiger partial charge is 0.495 e. The van der Waals surface area contributed by atoms with Crippen LogP contribution in [-0.4, -0.2) is 47.0 Å². The fraction of sp³-hybridized carbons (Fsp3) is 0.455. The Labute approximate surface area is 170 Å². The molecule has 0 aliphatic carbocycles. The van der Waals surface area contributed by atoms with Crippen LogP contribution in [0.1, 0.15) is 43.1 Å². The molecule has 5 nitrogen and oxygen atoms in total. The number of rotatable bonds is 4. The summed E-state index contributed by atoms with van der Waals surface area (Å²) >= 11 is 1.88. The first-order chi connectivity index (χ1) is 13.7. The molecule has 0 spiro atoms. The van der Waals surface area contributed by atoms with Crippen molar-refractivity contribution in [1.29, 1.82) is 0 Å². The summed E-state index contributed by atoms with van der Waals surface area (Å²) in [6.07, 6.45) is 4.38. The SMILES string of the molecule is COc1cc(C2C(c3ccccn3)N=C3SC(C)CN32)ccc1N1CCCC1. The van der Waals surface area contributed by atoms with E-state index in [0.29, 0.717) is 5.25 Å². The minimum absolute atomic E-state index is 0.0264. The van der Waals surface area contributed by atoms with Crippen LogP contribution in [-0.2, 0) is 0 Å². The summed E-state index contributed by atoms with van der Waals surface area (Å²) in [4.78, 5) is 14.6. The van der Waals surface area contributed by atoms with E-state index in [2.05, 4.69) is 52.0 Å². The van der Waals surface area contributed by atoms with Gasteiger partial charge in [-0.1, -0.05) is 30.8 Å². The molecule has 2 saturated heterocycles. The maximum atomic E-state index is 5.81. The highest BCUT2D eigenvalue weighted by Crippen LogP contribution is 2.48. The molecule has 5 rings (SSSR count). The summed E-state index contributed by atoms with van der Waals surface area (Å²) in [5.41, 5.74) is 3.50. The second-order valence-corrected chi connectivity index (χ2v) is 9.17. The summed E-state index contributed by atoms with van der Waals surface area (Å²) in [6, 6.07) is 13.0. The van der Waals surface area contributed by atoms with E-state index in [-0.39, 0.29) is 12.1 Å². The second kappa shape index (κ2) is 7.32. The van der Waals surface area contributed by atoms with Crippen LogP contribution in [0.2, 0.25) is 0 Å². The van der Waals surface area contributed by atoms with Crippen LogP contribution in [0.15, 0.2) is 47.6 Å². The number of hydrogen-bond acceptors (Lipinski definition) is 6. The van der Waals surface area contributed by atoms with Crippen LogP contribution in [0.3, 0.4) is 0 Å². The highest BCUT2D eigenvalue weighted by Gasteiger charge is 2.43. The van der Waals surface area contributed by atoms with Gasteiger partial charge in [0, 0.05) is 31.1 Å². The minimum Gasteiger partial charge on any atom is -0.495 e. The molecule has 0 radical (unpaired) electrons. The average Bonchev–Trinajstić information content (AvgIpc) is 3.44. The molecule has 2 fully saturated rings. The van der Waals surface area contributed by atoms with E-state index >= 15 is 0 Å². The van der Waals surface area contributed by atoms with Gasteiger partial charge in [-0.3, -0.25) is 9.98 Å². The topological polar surface area (TPSA) is 41.0 Å². The van der Waals surface area contributed by atoms with Crippen molar-refractivity contribution in [1.82, 2.24) is 9.88 Å². The third-order valence-corrected chi connectivity index (χ3v) is 6.98. The lowest BCUT2D eigenvalue weighted by molar-refractivity contribution is 0.320. The molecular formula is C22H26N4OS. The lowest BCUT2D eigenvalue weighted by Gasteiger charge is -2.29. The summed E-state index contributed by atoms with van der Waals surface area (Å²) in [5.74, 6) is 0.965. The van der Waals surface area contributed by atoms with Crippen molar-refractivity contribution in [3.05, 3.63) is 53.9 Å². The standard InChI is InChI=1S/C22H26N4OS/c1-15-14-26-21(20(24-22(26)28-15)17-7-3-4-10-23-17)16-8-9-18(19(13-16)27-2)25-11-5-6-12-25/h3-4,7-10,13,15,20-21H,5-6,11-12,14H2,1-2H3. The monoisotopic (exact) mass is 394 g/mol. The molecule has 1 aromatic heterocycles. The molecule has 146 valence electrons. The zero-order valence-electron chi connectivity index (χ0n) is 16.4. The van der Waals surface area contributed by atoms with Crippen LogP contribution in [0, 0.1) is 0 Å². The van der Waals surface area contributed by atoms with Crippen LogP contribution in [0.5, 0.6) is 5.75 Å². The van der Waals surface area contributed by atoms with Gasteiger partial charge in [-0.25, -0.2) is 0 Å². The van der Waals surface area contributed by atoms with E-state index in [1.807, 2.05) is 24.0 Å². The third kappa shape index (κ3) is 3.04. The zero-order valence-corrected chi connectivity index (χ0v) is 17.2. The third-order valence-electron chi connectivity index (χ3n) is 5.87. The normalized spacial score (nSPS) is 26.5. The van der Waals surface area contributed by atoms with E-state index < -0.39 is 0 Å². The van der Waals surface area contributed by atoms with E-state index in [4.69, 9.17) is 9.73 Å². The molecule has 28 heavy (non-hydrogen) atoms. The van der Waals surface area contributed by atoms with Gasteiger partial charge in [-0.05, 0) is 42.7 Å². The van der Waals surface area contributed by atoms with Crippen molar-refractivity contribution in [2.75, 3.05) is 31.6 Å². The van der Waals surface area contributed by atoms with Crippen molar-refractivity contribution in [2.24, 2.45) is 4.99 Å². The quantitative estimate of drug-likeness (QED) is 0.774. The molecule has 0 amide bonds. The fourth-order valence-corrected chi connectivity index (χ4v) is 5.67. The van der Waals surface area contributed by atoms with Gasteiger partial charge in [-0.2, -0.15) is 0 Å². The second-order valence-electron chi connectivity index (χ2n) is 7.76. The predicted molar refractivity (Wildman–Crippen MR) is 115 cm³/mol. The number of methoxy groups -OCH3 is 1. The molecule has 3 unspecified atom stereocenters. The number of pyridine rings is 1. The number of hydrogen-bond donors (Lipinski definition) is 0. The molecule has 0 saturated carbocycles. The molecule has 0 N–H and O–H groups in total. The minimum atomic E-state index is 0.0264. The molecule has 3 aliphatic rings. The maximum Gasteiger partial charge on any atom is 0.160 e. The smallest absolute Gasteiger partial charge is 0.160 e. The Kier molecular flexibility index (Phi) is 4.67. The predicted octanol–water partition coefficient (Wildman–Crippen LogP) is 4.28. The van der Waals surface area contributed by atoms with Gasteiger partial charge in [0.15, 0.2) is 5.17 Å². The number of ether oxygens (including phenoxy) is 1. The lowest BCUT2D eigenvalue weighted by Crippen LogP contribution is -2.28. The van der Waals surface area contributed by atoms with Gasteiger partial charge < -0.3 is 14.5 Å². The van der Waals surface area contributed by atoms with Gasteiger partial charge in [0.2, 0.25) is 0 Å². The fourth-order valence-electron chi connectivity index (χ4n) is 4.58. The number of fused-ring (bicyclic) bond motifs is 1. The number of aliphatic imine (C=N–C) groups is 1.